The summed E-state index contributed by atoms with van der Waals surface area (Å²) in [5, 5.41) is 9.16. The monoisotopic (exact) mass is 323 g/mol. The van der Waals surface area contributed by atoms with Crippen LogP contribution in [0.3, 0.4) is 0 Å². The third-order valence-electron chi connectivity index (χ3n) is 4.69. The molecule has 0 saturated heterocycles. The Morgan fingerprint density at radius 2 is 1.88 bits per heavy atom. The van der Waals surface area contributed by atoms with E-state index in [1.807, 2.05) is 48.2 Å². The zero-order valence-corrected chi connectivity index (χ0v) is 13.7. The lowest BCUT2D eigenvalue weighted by atomic mass is 9.92. The number of carboxylic acid groups (broad SMARTS) is 1. The molecule has 2 aromatic carbocycles. The maximum Gasteiger partial charge on any atom is 0.335 e. The van der Waals surface area contributed by atoms with Crippen LogP contribution in [0.15, 0.2) is 48.5 Å². The van der Waals surface area contributed by atoms with Crippen LogP contribution in [0, 0.1) is 0 Å². The number of carbonyl (C=O) groups is 2. The first kappa shape index (κ1) is 16.2. The SMILES string of the molecule is CCC(C(=O)N1CCc2ccc(C(=O)O)cc2C1)c1ccccc1. The fourth-order valence-corrected chi connectivity index (χ4v) is 3.34. The fraction of sp³-hybridized carbons (Fsp3) is 0.300. The van der Waals surface area contributed by atoms with Gasteiger partial charge >= 0.3 is 5.97 Å². The van der Waals surface area contributed by atoms with E-state index in [0.717, 1.165) is 29.5 Å². The van der Waals surface area contributed by atoms with Gasteiger partial charge in [-0.25, -0.2) is 4.79 Å². The van der Waals surface area contributed by atoms with E-state index >= 15 is 0 Å². The van der Waals surface area contributed by atoms with Gasteiger partial charge in [0.1, 0.15) is 0 Å². The zero-order chi connectivity index (χ0) is 17.1. The van der Waals surface area contributed by atoms with Crippen molar-refractivity contribution >= 4 is 11.9 Å². The number of hydrogen-bond acceptors (Lipinski definition) is 2. The predicted octanol–water partition coefficient (Wildman–Crippen LogP) is 3.46. The summed E-state index contributed by atoms with van der Waals surface area (Å²) in [6, 6.07) is 15.0. The average Bonchev–Trinajstić information content (AvgIpc) is 2.62. The minimum atomic E-state index is -0.933. The first-order valence-electron chi connectivity index (χ1n) is 8.29. The van der Waals surface area contributed by atoms with Crippen LogP contribution in [0.25, 0.3) is 0 Å². The van der Waals surface area contributed by atoms with Crippen molar-refractivity contribution in [1.29, 1.82) is 0 Å². The Morgan fingerprint density at radius 3 is 2.54 bits per heavy atom. The largest absolute Gasteiger partial charge is 0.478 e. The van der Waals surface area contributed by atoms with Gasteiger partial charge in [-0.15, -0.1) is 0 Å². The van der Waals surface area contributed by atoms with Crippen molar-refractivity contribution < 1.29 is 14.7 Å². The van der Waals surface area contributed by atoms with E-state index in [-0.39, 0.29) is 17.4 Å². The van der Waals surface area contributed by atoms with Crippen molar-refractivity contribution in [2.45, 2.75) is 32.2 Å². The molecule has 1 atom stereocenters. The van der Waals surface area contributed by atoms with Crippen LogP contribution >= 0.6 is 0 Å². The van der Waals surface area contributed by atoms with Crippen molar-refractivity contribution in [3.63, 3.8) is 0 Å². The molecule has 0 saturated carbocycles. The van der Waals surface area contributed by atoms with Crippen molar-refractivity contribution in [2.75, 3.05) is 6.54 Å². The molecule has 1 aliphatic rings. The van der Waals surface area contributed by atoms with E-state index in [9.17, 15) is 9.59 Å². The summed E-state index contributed by atoms with van der Waals surface area (Å²) in [7, 11) is 0. The highest BCUT2D eigenvalue weighted by atomic mass is 16.4. The predicted molar refractivity (Wildman–Crippen MR) is 92.0 cm³/mol. The molecule has 0 spiro atoms. The number of carboxylic acids is 1. The second-order valence-electron chi connectivity index (χ2n) is 6.17. The molecular weight excluding hydrogens is 302 g/mol. The molecule has 4 heteroatoms. The lowest BCUT2D eigenvalue weighted by Gasteiger charge is -2.32. The summed E-state index contributed by atoms with van der Waals surface area (Å²) in [4.78, 5) is 26.0. The van der Waals surface area contributed by atoms with Gasteiger partial charge in [-0.3, -0.25) is 4.79 Å². The van der Waals surface area contributed by atoms with Crippen molar-refractivity contribution in [1.82, 2.24) is 4.90 Å². The molecule has 1 aliphatic heterocycles. The molecule has 0 aromatic heterocycles. The van der Waals surface area contributed by atoms with Gasteiger partial charge in [0.25, 0.3) is 0 Å². The molecule has 1 heterocycles. The minimum absolute atomic E-state index is 0.120. The molecule has 3 rings (SSSR count). The molecule has 124 valence electrons. The van der Waals surface area contributed by atoms with E-state index < -0.39 is 5.97 Å². The van der Waals surface area contributed by atoms with E-state index in [2.05, 4.69) is 0 Å². The third kappa shape index (κ3) is 3.18. The summed E-state index contributed by atoms with van der Waals surface area (Å²) in [6.45, 7) is 3.19. The number of nitrogens with zero attached hydrogens (tertiary/aromatic N) is 1. The number of amides is 1. The normalized spacial score (nSPS) is 14.8. The molecule has 0 bridgehead atoms. The van der Waals surface area contributed by atoms with Crippen molar-refractivity contribution in [3.05, 3.63) is 70.8 Å². The summed E-state index contributed by atoms with van der Waals surface area (Å²) in [5.41, 5.74) is 3.39. The Labute approximate surface area is 141 Å². The molecule has 0 radical (unpaired) electrons. The number of hydrogen-bond donors (Lipinski definition) is 1. The number of aromatic carboxylic acids is 1. The molecule has 1 amide bonds. The number of fused-ring (bicyclic) bond motifs is 1. The highest BCUT2D eigenvalue weighted by molar-refractivity contribution is 5.88. The Hall–Kier alpha value is -2.62. The summed E-state index contributed by atoms with van der Waals surface area (Å²) < 4.78 is 0. The van der Waals surface area contributed by atoms with E-state index in [1.165, 1.54) is 0 Å². The van der Waals surface area contributed by atoms with E-state index in [4.69, 9.17) is 5.11 Å². The van der Waals surface area contributed by atoms with Crippen molar-refractivity contribution in [3.8, 4) is 0 Å². The maximum absolute atomic E-state index is 13.0. The Balaban J connectivity index is 1.82. The molecule has 1 N–H and O–H groups in total. The van der Waals surface area contributed by atoms with Crippen LogP contribution in [0.1, 0.15) is 46.3 Å². The smallest absolute Gasteiger partial charge is 0.335 e. The molecular formula is C20H21NO3. The van der Waals surface area contributed by atoms with Gasteiger partial charge in [0, 0.05) is 13.1 Å². The summed E-state index contributed by atoms with van der Waals surface area (Å²) in [5.74, 6) is -0.956. The molecule has 0 aliphatic carbocycles. The van der Waals surface area contributed by atoms with E-state index in [1.54, 1.807) is 12.1 Å². The average molecular weight is 323 g/mol. The molecule has 2 aromatic rings. The lowest BCUT2D eigenvalue weighted by molar-refractivity contribution is -0.133. The standard InChI is InChI=1S/C20H21NO3/c1-2-18(15-6-4-3-5-7-15)19(22)21-11-10-14-8-9-16(20(23)24)12-17(14)13-21/h3-9,12,18H,2,10-11,13H2,1H3,(H,23,24). The van der Waals surface area contributed by atoms with Gasteiger partial charge < -0.3 is 10.0 Å². The number of carbonyl (C=O) groups excluding carboxylic acids is 1. The van der Waals surface area contributed by atoms with Gasteiger partial charge in [0.05, 0.1) is 11.5 Å². The summed E-state index contributed by atoms with van der Waals surface area (Å²) >= 11 is 0. The van der Waals surface area contributed by atoms with Crippen LogP contribution in [-0.4, -0.2) is 28.4 Å². The van der Waals surface area contributed by atoms with Gasteiger partial charge in [-0.2, -0.15) is 0 Å². The number of rotatable bonds is 4. The quantitative estimate of drug-likeness (QED) is 0.937. The van der Waals surface area contributed by atoms with Crippen molar-refractivity contribution in [2.24, 2.45) is 0 Å². The van der Waals surface area contributed by atoms with Crippen LogP contribution in [0.5, 0.6) is 0 Å². The molecule has 4 nitrogen and oxygen atoms in total. The maximum atomic E-state index is 13.0. The third-order valence-corrected chi connectivity index (χ3v) is 4.69. The second kappa shape index (κ2) is 6.87. The lowest BCUT2D eigenvalue weighted by Crippen LogP contribution is -2.39. The number of benzene rings is 2. The van der Waals surface area contributed by atoms with E-state index in [0.29, 0.717) is 13.1 Å². The molecule has 24 heavy (non-hydrogen) atoms. The van der Waals surface area contributed by atoms with Crippen LogP contribution in [0.2, 0.25) is 0 Å². The highest BCUT2D eigenvalue weighted by Crippen LogP contribution is 2.26. The van der Waals surface area contributed by atoms with Crippen LogP contribution in [-0.2, 0) is 17.8 Å². The van der Waals surface area contributed by atoms with Gasteiger partial charge in [-0.05, 0) is 41.7 Å². The highest BCUT2D eigenvalue weighted by Gasteiger charge is 2.27. The van der Waals surface area contributed by atoms with Gasteiger partial charge in [0.2, 0.25) is 5.91 Å². The topological polar surface area (TPSA) is 57.6 Å². The van der Waals surface area contributed by atoms with Crippen LogP contribution in [0.4, 0.5) is 0 Å². The molecule has 1 unspecified atom stereocenters. The summed E-state index contributed by atoms with van der Waals surface area (Å²) in [6.07, 6.45) is 1.52. The Kier molecular flexibility index (Phi) is 4.65. The Bertz CT molecular complexity index is 755. The Morgan fingerprint density at radius 1 is 1.12 bits per heavy atom. The molecule has 0 fully saturated rings. The first-order chi connectivity index (χ1) is 11.6. The van der Waals surface area contributed by atoms with Crippen LogP contribution < -0.4 is 0 Å². The zero-order valence-electron chi connectivity index (χ0n) is 13.7. The fourth-order valence-electron chi connectivity index (χ4n) is 3.34. The van der Waals surface area contributed by atoms with Gasteiger partial charge in [-0.1, -0.05) is 43.3 Å². The first-order valence-corrected chi connectivity index (χ1v) is 8.29. The minimum Gasteiger partial charge on any atom is -0.478 e. The van der Waals surface area contributed by atoms with Gasteiger partial charge in [0.15, 0.2) is 0 Å². The second-order valence-corrected chi connectivity index (χ2v) is 6.17.